The van der Waals surface area contributed by atoms with Gasteiger partial charge in [-0.15, -0.1) is 11.6 Å². The van der Waals surface area contributed by atoms with Crippen LogP contribution >= 0.6 is 11.6 Å². The van der Waals surface area contributed by atoms with Gasteiger partial charge in [-0.05, 0) is 36.5 Å². The van der Waals surface area contributed by atoms with Crippen LogP contribution in [0.3, 0.4) is 0 Å². The van der Waals surface area contributed by atoms with E-state index in [1.54, 1.807) is 6.07 Å². The van der Waals surface area contributed by atoms with Crippen LogP contribution in [0.5, 0.6) is 5.75 Å². The van der Waals surface area contributed by atoms with Crippen LogP contribution in [0, 0.1) is 11.7 Å². The molecule has 3 heteroatoms. The van der Waals surface area contributed by atoms with E-state index in [4.69, 9.17) is 16.3 Å². The lowest BCUT2D eigenvalue weighted by Gasteiger charge is -2.14. The highest BCUT2D eigenvalue weighted by molar-refractivity contribution is 6.20. The third-order valence-electron chi connectivity index (χ3n) is 3.84. The van der Waals surface area contributed by atoms with Crippen LogP contribution in [-0.2, 0) is 0 Å². The van der Waals surface area contributed by atoms with Crippen LogP contribution < -0.4 is 4.74 Å². The van der Waals surface area contributed by atoms with Crippen molar-refractivity contribution in [3.8, 4) is 5.75 Å². The maximum atomic E-state index is 13.6. The molecule has 18 heavy (non-hydrogen) atoms. The van der Waals surface area contributed by atoms with Crippen LogP contribution in [0.25, 0.3) is 0 Å². The fourth-order valence-electron chi connectivity index (χ4n) is 2.73. The molecule has 0 N–H and O–H groups in total. The summed E-state index contributed by atoms with van der Waals surface area (Å²) in [6.07, 6.45) is 7.46. The van der Waals surface area contributed by atoms with Gasteiger partial charge in [0.05, 0.1) is 12.5 Å². The Bertz CT molecular complexity index is 388. The molecule has 1 aliphatic rings. The minimum Gasteiger partial charge on any atom is -0.494 e. The van der Waals surface area contributed by atoms with Crippen LogP contribution in [0.15, 0.2) is 18.2 Å². The van der Waals surface area contributed by atoms with E-state index in [9.17, 15) is 4.39 Å². The third kappa shape index (κ3) is 3.38. The number of rotatable bonds is 5. The number of halogens is 2. The standard InChI is InChI=1S/C15H20ClFO/c1-18-15-9-7-12(10-14(15)17)13(16)8-6-11-4-2-3-5-11/h7,9-11,13H,2-6,8H2,1H3. The molecule has 1 unspecified atom stereocenters. The molecule has 0 heterocycles. The lowest BCUT2D eigenvalue weighted by molar-refractivity contribution is 0.386. The van der Waals surface area contributed by atoms with Gasteiger partial charge in [0.25, 0.3) is 0 Å². The van der Waals surface area contributed by atoms with E-state index in [1.165, 1.54) is 38.9 Å². The predicted octanol–water partition coefficient (Wildman–Crippen LogP) is 5.08. The zero-order valence-electron chi connectivity index (χ0n) is 10.8. The molecule has 0 aliphatic heterocycles. The first-order valence-electron chi connectivity index (χ1n) is 6.68. The average molecular weight is 271 g/mol. The third-order valence-corrected chi connectivity index (χ3v) is 4.31. The largest absolute Gasteiger partial charge is 0.494 e. The molecular weight excluding hydrogens is 251 g/mol. The van der Waals surface area contributed by atoms with Crippen molar-refractivity contribution in [2.75, 3.05) is 7.11 Å². The molecule has 0 amide bonds. The summed E-state index contributed by atoms with van der Waals surface area (Å²) in [4.78, 5) is 0. The molecular formula is C15H20ClFO. The Morgan fingerprint density at radius 2 is 2.11 bits per heavy atom. The van der Waals surface area contributed by atoms with Gasteiger partial charge < -0.3 is 4.74 Å². The minimum atomic E-state index is -0.332. The molecule has 100 valence electrons. The fourth-order valence-corrected chi connectivity index (χ4v) is 2.99. The molecule has 0 aromatic heterocycles. The van der Waals surface area contributed by atoms with Crippen molar-refractivity contribution < 1.29 is 9.13 Å². The van der Waals surface area contributed by atoms with Crippen molar-refractivity contribution in [3.05, 3.63) is 29.6 Å². The van der Waals surface area contributed by atoms with E-state index in [2.05, 4.69) is 0 Å². The number of ether oxygens (including phenoxy) is 1. The van der Waals surface area contributed by atoms with E-state index in [0.29, 0.717) is 0 Å². The first-order chi connectivity index (χ1) is 8.70. The van der Waals surface area contributed by atoms with Crippen molar-refractivity contribution in [2.24, 2.45) is 5.92 Å². The smallest absolute Gasteiger partial charge is 0.165 e. The molecule has 1 aliphatic carbocycles. The van der Waals surface area contributed by atoms with E-state index in [0.717, 1.165) is 24.3 Å². The van der Waals surface area contributed by atoms with Crippen molar-refractivity contribution >= 4 is 11.6 Å². The van der Waals surface area contributed by atoms with Crippen LogP contribution in [-0.4, -0.2) is 7.11 Å². The second kappa shape index (κ2) is 6.42. The molecule has 1 fully saturated rings. The van der Waals surface area contributed by atoms with Crippen LogP contribution in [0.2, 0.25) is 0 Å². The fraction of sp³-hybridized carbons (Fsp3) is 0.600. The van der Waals surface area contributed by atoms with E-state index in [-0.39, 0.29) is 16.9 Å². The second-order valence-corrected chi connectivity index (χ2v) is 5.62. The zero-order chi connectivity index (χ0) is 13.0. The summed E-state index contributed by atoms with van der Waals surface area (Å²) in [5, 5.41) is -0.0917. The van der Waals surface area contributed by atoms with Gasteiger partial charge in [-0.25, -0.2) is 4.39 Å². The predicted molar refractivity (Wildman–Crippen MR) is 72.7 cm³/mol. The monoisotopic (exact) mass is 270 g/mol. The average Bonchev–Trinajstić information content (AvgIpc) is 2.89. The number of benzene rings is 1. The van der Waals surface area contributed by atoms with Gasteiger partial charge in [0.1, 0.15) is 0 Å². The highest BCUT2D eigenvalue weighted by Crippen LogP contribution is 2.34. The van der Waals surface area contributed by atoms with Crippen molar-refractivity contribution in [1.82, 2.24) is 0 Å². The van der Waals surface area contributed by atoms with E-state index < -0.39 is 0 Å². The Hall–Kier alpha value is -0.760. The lowest BCUT2D eigenvalue weighted by Crippen LogP contribution is -1.98. The van der Waals surface area contributed by atoms with Gasteiger partial charge in [0.2, 0.25) is 0 Å². The topological polar surface area (TPSA) is 9.23 Å². The van der Waals surface area contributed by atoms with E-state index in [1.807, 2.05) is 6.07 Å². The number of alkyl halides is 1. The zero-order valence-corrected chi connectivity index (χ0v) is 11.5. The van der Waals surface area contributed by atoms with Gasteiger partial charge in [-0.1, -0.05) is 31.7 Å². The lowest BCUT2D eigenvalue weighted by atomic mass is 9.98. The summed E-state index contributed by atoms with van der Waals surface area (Å²) >= 11 is 6.34. The minimum absolute atomic E-state index is 0.0917. The van der Waals surface area contributed by atoms with Gasteiger partial charge >= 0.3 is 0 Å². The summed E-state index contributed by atoms with van der Waals surface area (Å²) in [5.41, 5.74) is 0.855. The van der Waals surface area contributed by atoms with Crippen molar-refractivity contribution in [2.45, 2.75) is 43.9 Å². The summed E-state index contributed by atoms with van der Waals surface area (Å²) in [6.45, 7) is 0. The Kier molecular flexibility index (Phi) is 4.87. The van der Waals surface area contributed by atoms with Gasteiger partial charge in [0, 0.05) is 0 Å². The SMILES string of the molecule is COc1ccc(C(Cl)CCC2CCCC2)cc1F. The maximum absolute atomic E-state index is 13.6. The number of hydrogen-bond donors (Lipinski definition) is 0. The van der Waals surface area contributed by atoms with Crippen LogP contribution in [0.1, 0.15) is 49.5 Å². The Labute approximate surface area is 113 Å². The van der Waals surface area contributed by atoms with Crippen molar-refractivity contribution in [1.29, 1.82) is 0 Å². The molecule has 1 saturated carbocycles. The molecule has 1 aromatic carbocycles. The molecule has 1 atom stereocenters. The Balaban J connectivity index is 1.91. The van der Waals surface area contributed by atoms with Gasteiger partial charge in [-0.2, -0.15) is 0 Å². The maximum Gasteiger partial charge on any atom is 0.165 e. The molecule has 0 radical (unpaired) electrons. The molecule has 1 aromatic rings. The summed E-state index contributed by atoms with van der Waals surface area (Å²) in [7, 11) is 1.47. The summed E-state index contributed by atoms with van der Waals surface area (Å²) < 4.78 is 18.5. The molecule has 0 spiro atoms. The Morgan fingerprint density at radius 1 is 1.39 bits per heavy atom. The number of methoxy groups -OCH3 is 1. The molecule has 0 bridgehead atoms. The first kappa shape index (κ1) is 13.7. The number of hydrogen-bond acceptors (Lipinski definition) is 1. The summed E-state index contributed by atoms with van der Waals surface area (Å²) in [5.74, 6) is 0.772. The molecule has 0 saturated heterocycles. The first-order valence-corrected chi connectivity index (χ1v) is 7.12. The highest BCUT2D eigenvalue weighted by atomic mass is 35.5. The van der Waals surface area contributed by atoms with Crippen molar-refractivity contribution in [3.63, 3.8) is 0 Å². The quantitative estimate of drug-likeness (QED) is 0.678. The Morgan fingerprint density at radius 3 is 2.72 bits per heavy atom. The van der Waals surface area contributed by atoms with Crippen LogP contribution in [0.4, 0.5) is 4.39 Å². The van der Waals surface area contributed by atoms with E-state index >= 15 is 0 Å². The molecule has 2 rings (SSSR count). The van der Waals surface area contributed by atoms with Gasteiger partial charge in [0.15, 0.2) is 11.6 Å². The van der Waals surface area contributed by atoms with Gasteiger partial charge in [-0.3, -0.25) is 0 Å². The second-order valence-electron chi connectivity index (χ2n) is 5.09. The highest BCUT2D eigenvalue weighted by Gasteiger charge is 2.18. The summed E-state index contributed by atoms with van der Waals surface area (Å²) in [6, 6.07) is 5.00. The molecule has 1 nitrogen and oxygen atoms in total. The normalized spacial score (nSPS) is 17.9.